The minimum Gasteiger partial charge on any atom is -0.454 e. The van der Waals surface area contributed by atoms with Crippen molar-refractivity contribution in [3.05, 3.63) is 23.8 Å². The fraction of sp³-hybridized carbons (Fsp3) is 0.611. The molecular formula is C18H29IN4O3. The molecule has 26 heavy (non-hydrogen) atoms. The molecule has 0 atom stereocenters. The number of piperazine rings is 1. The highest BCUT2D eigenvalue weighted by molar-refractivity contribution is 14.0. The highest BCUT2D eigenvalue weighted by Gasteiger charge is 2.20. The molecule has 1 aromatic carbocycles. The summed E-state index contributed by atoms with van der Waals surface area (Å²) in [4.78, 5) is 9.15. The summed E-state index contributed by atoms with van der Waals surface area (Å²) < 4.78 is 16.2. The third-order valence-corrected chi connectivity index (χ3v) is 4.46. The van der Waals surface area contributed by atoms with Crippen molar-refractivity contribution in [2.24, 2.45) is 4.99 Å². The largest absolute Gasteiger partial charge is 0.454 e. The molecular weight excluding hydrogens is 447 g/mol. The van der Waals surface area contributed by atoms with Crippen molar-refractivity contribution in [3.63, 3.8) is 0 Å². The molecule has 0 amide bonds. The van der Waals surface area contributed by atoms with Crippen molar-refractivity contribution >= 4 is 29.9 Å². The highest BCUT2D eigenvalue weighted by atomic mass is 127. The molecule has 8 heteroatoms. The van der Waals surface area contributed by atoms with E-state index in [0.717, 1.165) is 63.3 Å². The Morgan fingerprint density at radius 2 is 1.96 bits per heavy atom. The van der Waals surface area contributed by atoms with Crippen LogP contribution in [0.4, 0.5) is 0 Å². The molecule has 0 aliphatic carbocycles. The van der Waals surface area contributed by atoms with Gasteiger partial charge in [-0.2, -0.15) is 0 Å². The van der Waals surface area contributed by atoms with Gasteiger partial charge < -0.3 is 24.4 Å². The standard InChI is InChI=1S/C18H28N4O3.HI/c1-3-23-11-6-20-18(19-2)22-9-7-21(8-10-22)13-15-4-5-16-17(12-15)25-14-24-16;/h4-5,12H,3,6-11,13-14H2,1-2H3,(H,19,20);1H. The van der Waals surface area contributed by atoms with E-state index in [4.69, 9.17) is 14.2 Å². The predicted octanol–water partition coefficient (Wildman–Crippen LogP) is 1.76. The Morgan fingerprint density at radius 1 is 1.19 bits per heavy atom. The lowest BCUT2D eigenvalue weighted by atomic mass is 10.1. The molecule has 2 heterocycles. The van der Waals surface area contributed by atoms with E-state index in [1.807, 2.05) is 20.0 Å². The predicted molar refractivity (Wildman–Crippen MR) is 113 cm³/mol. The normalized spacial score (nSPS) is 17.2. The number of hydrogen-bond donors (Lipinski definition) is 1. The van der Waals surface area contributed by atoms with Gasteiger partial charge in [0.25, 0.3) is 0 Å². The van der Waals surface area contributed by atoms with Crippen molar-refractivity contribution in [1.82, 2.24) is 15.1 Å². The lowest BCUT2D eigenvalue weighted by molar-refractivity contribution is 0.149. The van der Waals surface area contributed by atoms with Crippen molar-refractivity contribution in [3.8, 4) is 11.5 Å². The number of aliphatic imine (C=N–C) groups is 1. The summed E-state index contributed by atoms with van der Waals surface area (Å²) in [6, 6.07) is 6.20. The lowest BCUT2D eigenvalue weighted by Crippen LogP contribution is -2.52. The second-order valence-electron chi connectivity index (χ2n) is 6.12. The van der Waals surface area contributed by atoms with Crippen LogP contribution in [-0.4, -0.2) is 75.5 Å². The zero-order valence-corrected chi connectivity index (χ0v) is 17.9. The Balaban J connectivity index is 0.00000243. The number of hydrogen-bond acceptors (Lipinski definition) is 5. The summed E-state index contributed by atoms with van der Waals surface area (Å²) in [7, 11) is 1.84. The number of benzene rings is 1. The fourth-order valence-corrected chi connectivity index (χ4v) is 3.13. The van der Waals surface area contributed by atoms with Gasteiger partial charge in [-0.1, -0.05) is 6.07 Å². The van der Waals surface area contributed by atoms with E-state index in [1.54, 1.807) is 0 Å². The second kappa shape index (κ2) is 10.8. The first-order valence-electron chi connectivity index (χ1n) is 8.94. The van der Waals surface area contributed by atoms with E-state index in [2.05, 4.69) is 32.2 Å². The van der Waals surface area contributed by atoms with Crippen LogP contribution in [0.1, 0.15) is 12.5 Å². The molecule has 0 spiro atoms. The summed E-state index contributed by atoms with van der Waals surface area (Å²) >= 11 is 0. The second-order valence-corrected chi connectivity index (χ2v) is 6.12. The summed E-state index contributed by atoms with van der Waals surface area (Å²) in [6.45, 7) is 9.48. The molecule has 2 aliphatic heterocycles. The number of fused-ring (bicyclic) bond motifs is 1. The SMILES string of the molecule is CCOCCNC(=NC)N1CCN(Cc2ccc3c(c2)OCO3)CC1.I. The molecule has 0 aromatic heterocycles. The number of ether oxygens (including phenoxy) is 3. The van der Waals surface area contributed by atoms with Crippen LogP contribution in [0.2, 0.25) is 0 Å². The van der Waals surface area contributed by atoms with Gasteiger partial charge in [0.15, 0.2) is 17.5 Å². The van der Waals surface area contributed by atoms with E-state index in [1.165, 1.54) is 5.56 Å². The minimum atomic E-state index is 0. The summed E-state index contributed by atoms with van der Waals surface area (Å²) in [5, 5.41) is 3.37. The zero-order chi connectivity index (χ0) is 17.5. The lowest BCUT2D eigenvalue weighted by Gasteiger charge is -2.36. The molecule has 3 rings (SSSR count). The molecule has 2 aliphatic rings. The summed E-state index contributed by atoms with van der Waals surface area (Å²) in [6.07, 6.45) is 0. The number of nitrogens with one attached hydrogen (secondary N) is 1. The number of nitrogens with zero attached hydrogens (tertiary/aromatic N) is 3. The highest BCUT2D eigenvalue weighted by Crippen LogP contribution is 2.32. The quantitative estimate of drug-likeness (QED) is 0.293. The third kappa shape index (κ3) is 5.62. The maximum atomic E-state index is 5.46. The molecule has 0 unspecified atom stereocenters. The number of rotatable bonds is 6. The molecule has 0 bridgehead atoms. The van der Waals surface area contributed by atoms with Gasteiger partial charge in [0.1, 0.15) is 0 Å². The van der Waals surface area contributed by atoms with Gasteiger partial charge in [-0.3, -0.25) is 9.89 Å². The zero-order valence-electron chi connectivity index (χ0n) is 15.6. The molecule has 1 N–H and O–H groups in total. The average Bonchev–Trinajstić information content (AvgIpc) is 3.11. The van der Waals surface area contributed by atoms with Gasteiger partial charge in [-0.05, 0) is 24.6 Å². The maximum absolute atomic E-state index is 5.46. The number of halogens is 1. The molecule has 1 saturated heterocycles. The van der Waals surface area contributed by atoms with Gasteiger partial charge in [-0.25, -0.2) is 0 Å². The van der Waals surface area contributed by atoms with Crippen LogP contribution in [-0.2, 0) is 11.3 Å². The van der Waals surface area contributed by atoms with Gasteiger partial charge in [0.05, 0.1) is 6.61 Å². The van der Waals surface area contributed by atoms with Crippen molar-refractivity contribution in [2.75, 3.05) is 59.8 Å². The van der Waals surface area contributed by atoms with Crippen molar-refractivity contribution < 1.29 is 14.2 Å². The van der Waals surface area contributed by atoms with Crippen LogP contribution in [0.25, 0.3) is 0 Å². The monoisotopic (exact) mass is 476 g/mol. The summed E-state index contributed by atoms with van der Waals surface area (Å²) in [5.74, 6) is 2.66. The molecule has 1 fully saturated rings. The van der Waals surface area contributed by atoms with Crippen LogP contribution >= 0.6 is 24.0 Å². The Bertz CT molecular complexity index is 592. The van der Waals surface area contributed by atoms with Crippen LogP contribution in [0.3, 0.4) is 0 Å². The van der Waals surface area contributed by atoms with Crippen molar-refractivity contribution in [2.45, 2.75) is 13.5 Å². The molecule has 0 saturated carbocycles. The van der Waals surface area contributed by atoms with Crippen LogP contribution in [0, 0.1) is 0 Å². The molecule has 0 radical (unpaired) electrons. The molecule has 7 nitrogen and oxygen atoms in total. The first kappa shape index (κ1) is 21.0. The van der Waals surface area contributed by atoms with E-state index < -0.39 is 0 Å². The van der Waals surface area contributed by atoms with Crippen molar-refractivity contribution in [1.29, 1.82) is 0 Å². The Hall–Kier alpha value is -1.26. The van der Waals surface area contributed by atoms with E-state index in [0.29, 0.717) is 13.4 Å². The van der Waals surface area contributed by atoms with Gasteiger partial charge in [0.2, 0.25) is 6.79 Å². The van der Waals surface area contributed by atoms with Crippen LogP contribution in [0.5, 0.6) is 11.5 Å². The maximum Gasteiger partial charge on any atom is 0.231 e. The van der Waals surface area contributed by atoms with Gasteiger partial charge >= 0.3 is 0 Å². The first-order chi connectivity index (χ1) is 12.3. The summed E-state index contributed by atoms with van der Waals surface area (Å²) in [5.41, 5.74) is 1.26. The average molecular weight is 476 g/mol. The van der Waals surface area contributed by atoms with E-state index >= 15 is 0 Å². The van der Waals surface area contributed by atoms with Crippen LogP contribution in [0.15, 0.2) is 23.2 Å². The first-order valence-corrected chi connectivity index (χ1v) is 8.94. The Labute approximate surface area is 172 Å². The topological polar surface area (TPSA) is 58.6 Å². The Morgan fingerprint density at radius 3 is 2.69 bits per heavy atom. The van der Waals surface area contributed by atoms with Gasteiger partial charge in [-0.15, -0.1) is 24.0 Å². The Kier molecular flexibility index (Phi) is 8.73. The molecule has 1 aromatic rings. The third-order valence-electron chi connectivity index (χ3n) is 4.46. The number of guanidine groups is 1. The van der Waals surface area contributed by atoms with E-state index in [9.17, 15) is 0 Å². The molecule has 146 valence electrons. The van der Waals surface area contributed by atoms with Crippen LogP contribution < -0.4 is 14.8 Å². The van der Waals surface area contributed by atoms with Gasteiger partial charge in [0, 0.05) is 52.9 Å². The smallest absolute Gasteiger partial charge is 0.231 e. The van der Waals surface area contributed by atoms with E-state index in [-0.39, 0.29) is 24.0 Å². The fourth-order valence-electron chi connectivity index (χ4n) is 3.13. The minimum absolute atomic E-state index is 0.